The summed E-state index contributed by atoms with van der Waals surface area (Å²) in [6.07, 6.45) is 2.99. The summed E-state index contributed by atoms with van der Waals surface area (Å²) in [7, 11) is -3.34. The number of nitrogens with two attached hydrogens (primary N) is 1. The smallest absolute Gasteiger partial charge is 0.433 e. The fourth-order valence-electron chi connectivity index (χ4n) is 2.25. The molecular formula is C18H25N3O4S. The first-order valence-electron chi connectivity index (χ1n) is 8.48. The van der Waals surface area contributed by atoms with Gasteiger partial charge in [-0.3, -0.25) is 4.79 Å². The van der Waals surface area contributed by atoms with Crippen molar-refractivity contribution in [1.29, 1.82) is 0 Å². The van der Waals surface area contributed by atoms with Crippen LogP contribution in [-0.2, 0) is 19.4 Å². The van der Waals surface area contributed by atoms with Crippen LogP contribution in [-0.4, -0.2) is 28.0 Å². The van der Waals surface area contributed by atoms with E-state index in [1.54, 1.807) is 51.1 Å². The molecule has 142 valence electrons. The Bertz CT molecular complexity index is 801. The number of carbonyl (C=O) groups excluding carboxylic acids is 2. The normalized spacial score (nSPS) is 18.2. The Morgan fingerprint density at radius 3 is 2.46 bits per heavy atom. The van der Waals surface area contributed by atoms with Crippen LogP contribution >= 0.6 is 0 Å². The fraction of sp³-hybridized carbons (Fsp3) is 0.500. The van der Waals surface area contributed by atoms with Crippen LogP contribution in [0.1, 0.15) is 40.0 Å². The average Bonchev–Trinajstić information content (AvgIpc) is 3.34. The second kappa shape index (κ2) is 8.09. The number of ether oxygens (including phenoxy) is 1. The number of carbonyl (C=O) groups is 2. The van der Waals surface area contributed by atoms with Crippen molar-refractivity contribution in [3.63, 3.8) is 0 Å². The lowest BCUT2D eigenvalue weighted by Crippen LogP contribution is -2.23. The van der Waals surface area contributed by atoms with Crippen molar-refractivity contribution in [2.75, 3.05) is 0 Å². The summed E-state index contributed by atoms with van der Waals surface area (Å²) in [4.78, 5) is 28.3. The van der Waals surface area contributed by atoms with Crippen LogP contribution in [0.15, 0.2) is 44.6 Å². The van der Waals surface area contributed by atoms with Crippen LogP contribution < -0.4 is 5.14 Å². The third kappa shape index (κ3) is 6.68. The highest BCUT2D eigenvalue weighted by atomic mass is 32.2. The lowest BCUT2D eigenvalue weighted by atomic mass is 10.0. The maximum absolute atomic E-state index is 12.6. The number of aliphatic imine (C=N–C) groups is 1. The molecular weight excluding hydrogens is 354 g/mol. The number of nitrogens with zero attached hydrogens (tertiary/aromatic N) is 2. The van der Waals surface area contributed by atoms with Crippen molar-refractivity contribution in [2.45, 2.75) is 50.5 Å². The van der Waals surface area contributed by atoms with Crippen molar-refractivity contribution in [3.05, 3.63) is 30.3 Å². The minimum atomic E-state index is -3.34. The van der Waals surface area contributed by atoms with Gasteiger partial charge in [-0.25, -0.2) is 14.1 Å². The first-order valence-corrected chi connectivity index (χ1v) is 10.1. The molecule has 1 aromatic rings. The van der Waals surface area contributed by atoms with E-state index in [1.807, 2.05) is 0 Å². The molecule has 0 saturated heterocycles. The van der Waals surface area contributed by atoms with E-state index in [4.69, 9.17) is 9.88 Å². The second-order valence-electron chi connectivity index (χ2n) is 7.36. The molecule has 0 radical (unpaired) electrons. The van der Waals surface area contributed by atoms with E-state index in [2.05, 4.69) is 9.36 Å². The molecule has 0 spiro atoms. The van der Waals surface area contributed by atoms with Crippen LogP contribution in [0, 0.1) is 11.8 Å². The van der Waals surface area contributed by atoms with Crippen molar-refractivity contribution in [1.82, 2.24) is 0 Å². The number of amides is 2. The SMILES string of the molecule is CC(C)(C)OC(=O)N=CC(CC1CC1)C(=O)N=S(N)(=O)c1ccccc1. The van der Waals surface area contributed by atoms with Crippen molar-refractivity contribution >= 4 is 28.1 Å². The van der Waals surface area contributed by atoms with Crippen molar-refractivity contribution in [3.8, 4) is 0 Å². The van der Waals surface area contributed by atoms with Crippen LogP contribution in [0.5, 0.6) is 0 Å². The Hall–Kier alpha value is -2.06. The third-order valence-electron chi connectivity index (χ3n) is 3.66. The minimum absolute atomic E-state index is 0.280. The Morgan fingerprint density at radius 1 is 1.31 bits per heavy atom. The summed E-state index contributed by atoms with van der Waals surface area (Å²) in [6, 6.07) is 8.22. The molecule has 1 aromatic carbocycles. The average molecular weight is 379 g/mol. The highest BCUT2D eigenvalue weighted by Gasteiger charge is 2.29. The quantitative estimate of drug-likeness (QED) is 0.791. The number of hydrogen-bond acceptors (Lipinski definition) is 4. The molecule has 0 aliphatic heterocycles. The van der Waals surface area contributed by atoms with Crippen LogP contribution in [0.3, 0.4) is 0 Å². The summed E-state index contributed by atoms with van der Waals surface area (Å²) in [5.74, 6) is -1.00. The first-order chi connectivity index (χ1) is 12.1. The molecule has 26 heavy (non-hydrogen) atoms. The van der Waals surface area contributed by atoms with E-state index in [1.165, 1.54) is 6.21 Å². The lowest BCUT2D eigenvalue weighted by molar-refractivity contribution is -0.119. The summed E-state index contributed by atoms with van der Waals surface area (Å²) < 4.78 is 21.4. The summed E-state index contributed by atoms with van der Waals surface area (Å²) >= 11 is 0. The molecule has 1 aliphatic rings. The predicted octanol–water partition coefficient (Wildman–Crippen LogP) is 3.34. The van der Waals surface area contributed by atoms with Crippen molar-refractivity contribution < 1.29 is 18.5 Å². The monoisotopic (exact) mass is 379 g/mol. The van der Waals surface area contributed by atoms with Crippen LogP contribution in [0.25, 0.3) is 0 Å². The van der Waals surface area contributed by atoms with E-state index in [9.17, 15) is 13.8 Å². The van der Waals surface area contributed by atoms with E-state index < -0.39 is 33.4 Å². The highest BCUT2D eigenvalue weighted by Crippen LogP contribution is 2.35. The Kier molecular flexibility index (Phi) is 6.30. The Morgan fingerprint density at radius 2 is 1.92 bits per heavy atom. The third-order valence-corrected chi connectivity index (χ3v) is 5.06. The molecule has 2 rings (SSSR count). The summed E-state index contributed by atoms with van der Waals surface area (Å²) in [6.45, 7) is 5.18. The summed E-state index contributed by atoms with van der Waals surface area (Å²) in [5.41, 5.74) is -0.673. The van der Waals surface area contributed by atoms with Gasteiger partial charge in [0.25, 0.3) is 5.91 Å². The molecule has 2 atom stereocenters. The van der Waals surface area contributed by atoms with Gasteiger partial charge in [0.15, 0.2) is 0 Å². The van der Waals surface area contributed by atoms with Gasteiger partial charge < -0.3 is 4.74 Å². The van der Waals surface area contributed by atoms with E-state index in [-0.39, 0.29) is 4.90 Å². The first kappa shape index (κ1) is 20.3. The molecule has 0 aromatic heterocycles. The molecule has 2 unspecified atom stereocenters. The number of benzene rings is 1. The maximum atomic E-state index is 12.6. The highest BCUT2D eigenvalue weighted by molar-refractivity contribution is 7.91. The van der Waals surface area contributed by atoms with Gasteiger partial charge in [0.2, 0.25) is 0 Å². The van der Waals surface area contributed by atoms with E-state index >= 15 is 0 Å². The molecule has 1 saturated carbocycles. The molecule has 8 heteroatoms. The van der Waals surface area contributed by atoms with Gasteiger partial charge in [-0.1, -0.05) is 31.0 Å². The van der Waals surface area contributed by atoms with Gasteiger partial charge in [-0.05, 0) is 45.2 Å². The standard InChI is InChI=1S/C18H25N3O4S/c1-18(2,3)25-17(23)20-12-14(11-13-9-10-13)16(22)21-26(19,24)15-7-5-4-6-8-15/h4-8,12-14H,9-11H2,1-3H3,(H2,19,21,22,24). The lowest BCUT2D eigenvalue weighted by Gasteiger charge is -2.17. The molecule has 0 heterocycles. The molecule has 7 nitrogen and oxygen atoms in total. The van der Waals surface area contributed by atoms with Crippen LogP contribution in [0.4, 0.5) is 4.79 Å². The van der Waals surface area contributed by atoms with Gasteiger partial charge in [-0.2, -0.15) is 4.99 Å². The predicted molar refractivity (Wildman–Crippen MR) is 100 cm³/mol. The zero-order chi connectivity index (χ0) is 19.4. The van der Waals surface area contributed by atoms with Gasteiger partial charge in [0.1, 0.15) is 15.5 Å². The topological polar surface area (TPSA) is 111 Å². The fourth-order valence-corrected chi connectivity index (χ4v) is 3.30. The second-order valence-corrected chi connectivity index (χ2v) is 9.15. The molecule has 1 fully saturated rings. The largest absolute Gasteiger partial charge is 0.442 e. The zero-order valence-electron chi connectivity index (χ0n) is 15.3. The number of rotatable bonds is 5. The molecule has 2 N–H and O–H groups in total. The van der Waals surface area contributed by atoms with Gasteiger partial charge in [0, 0.05) is 6.21 Å². The van der Waals surface area contributed by atoms with E-state index in [0.717, 1.165) is 12.8 Å². The zero-order valence-corrected chi connectivity index (χ0v) is 16.1. The van der Waals surface area contributed by atoms with Gasteiger partial charge in [-0.15, -0.1) is 4.36 Å². The Labute approximate surface area is 154 Å². The summed E-state index contributed by atoms with van der Waals surface area (Å²) in [5, 5.41) is 5.77. The Balaban J connectivity index is 2.18. The van der Waals surface area contributed by atoms with Gasteiger partial charge >= 0.3 is 6.09 Å². The molecule has 1 aliphatic carbocycles. The van der Waals surface area contributed by atoms with Crippen LogP contribution in [0.2, 0.25) is 0 Å². The van der Waals surface area contributed by atoms with E-state index in [0.29, 0.717) is 12.3 Å². The maximum Gasteiger partial charge on any atom is 0.433 e. The number of hydrogen-bond donors (Lipinski definition) is 1. The van der Waals surface area contributed by atoms with Crippen molar-refractivity contribution in [2.24, 2.45) is 26.3 Å². The minimum Gasteiger partial charge on any atom is -0.442 e. The molecule has 0 bridgehead atoms. The van der Waals surface area contributed by atoms with Gasteiger partial charge in [0.05, 0.1) is 10.8 Å². The molecule has 2 amide bonds.